The molecule has 0 spiro atoms. The highest BCUT2D eigenvalue weighted by Crippen LogP contribution is 2.16. The molecule has 6 nitrogen and oxygen atoms in total. The fourth-order valence-electron chi connectivity index (χ4n) is 2.04. The molecule has 1 aromatic heterocycles. The monoisotopic (exact) mass is 250 g/mol. The van der Waals surface area contributed by atoms with Crippen molar-refractivity contribution < 1.29 is 0 Å². The van der Waals surface area contributed by atoms with E-state index < -0.39 is 0 Å². The summed E-state index contributed by atoms with van der Waals surface area (Å²) in [7, 11) is 4.09. The Labute approximate surface area is 108 Å². The number of likely N-dealkylation sites (N-methyl/N-ethyl adjacent to an activating group) is 1. The van der Waals surface area contributed by atoms with E-state index in [9.17, 15) is 0 Å². The number of nitrogens with one attached hydrogen (secondary N) is 1. The van der Waals surface area contributed by atoms with Crippen LogP contribution >= 0.6 is 0 Å². The van der Waals surface area contributed by atoms with Gasteiger partial charge < -0.3 is 15.1 Å². The van der Waals surface area contributed by atoms with Gasteiger partial charge in [-0.1, -0.05) is 0 Å². The molecule has 1 N–H and O–H groups in total. The smallest absolute Gasteiger partial charge is 0.244 e. The van der Waals surface area contributed by atoms with E-state index in [1.54, 1.807) is 6.20 Å². The third-order valence-corrected chi connectivity index (χ3v) is 3.07. The predicted molar refractivity (Wildman–Crippen MR) is 72.9 cm³/mol. The molecule has 1 aliphatic heterocycles. The van der Waals surface area contributed by atoms with Gasteiger partial charge in [0.15, 0.2) is 5.82 Å². The Morgan fingerprint density at radius 2 is 2.06 bits per heavy atom. The van der Waals surface area contributed by atoms with Gasteiger partial charge in [0.1, 0.15) is 0 Å². The normalized spacial score (nSPS) is 16.1. The highest BCUT2D eigenvalue weighted by Gasteiger charge is 2.13. The van der Waals surface area contributed by atoms with Crippen LogP contribution in [0.1, 0.15) is 19.3 Å². The number of anilines is 2. The second kappa shape index (κ2) is 6.49. The third-order valence-electron chi connectivity index (χ3n) is 3.07. The number of nitrogens with zero attached hydrogens (tertiary/aromatic N) is 5. The molecule has 1 fully saturated rings. The lowest BCUT2D eigenvalue weighted by molar-refractivity contribution is 0.424. The lowest BCUT2D eigenvalue weighted by atomic mass is 10.1. The minimum atomic E-state index is 0.625. The van der Waals surface area contributed by atoms with Gasteiger partial charge >= 0.3 is 0 Å². The van der Waals surface area contributed by atoms with Crippen LogP contribution in [0.5, 0.6) is 0 Å². The standard InChI is InChI=1S/C12H22N6/c1-17(2)9-6-13-12-15-11(10-14-16-12)18-7-4-3-5-8-18/h10H,3-9H2,1-2H3,(H,13,15,16). The summed E-state index contributed by atoms with van der Waals surface area (Å²) in [4.78, 5) is 8.92. The number of rotatable bonds is 5. The van der Waals surface area contributed by atoms with Gasteiger partial charge in [0.2, 0.25) is 5.95 Å². The highest BCUT2D eigenvalue weighted by atomic mass is 15.3. The van der Waals surface area contributed by atoms with Crippen LogP contribution < -0.4 is 10.2 Å². The fraction of sp³-hybridized carbons (Fsp3) is 0.750. The van der Waals surface area contributed by atoms with Gasteiger partial charge in [-0.05, 0) is 33.4 Å². The molecule has 18 heavy (non-hydrogen) atoms. The first-order valence-electron chi connectivity index (χ1n) is 6.59. The van der Waals surface area contributed by atoms with E-state index in [2.05, 4.69) is 30.3 Å². The van der Waals surface area contributed by atoms with E-state index in [0.717, 1.165) is 32.0 Å². The molecule has 0 aromatic carbocycles. The van der Waals surface area contributed by atoms with Gasteiger partial charge in [-0.2, -0.15) is 10.1 Å². The summed E-state index contributed by atoms with van der Waals surface area (Å²) in [5.74, 6) is 1.57. The third kappa shape index (κ3) is 3.80. The lowest BCUT2D eigenvalue weighted by Gasteiger charge is -2.27. The summed E-state index contributed by atoms with van der Waals surface area (Å²) >= 11 is 0. The van der Waals surface area contributed by atoms with Crippen LogP contribution in [0, 0.1) is 0 Å². The van der Waals surface area contributed by atoms with Crippen molar-refractivity contribution in [3.05, 3.63) is 6.20 Å². The zero-order valence-corrected chi connectivity index (χ0v) is 11.3. The zero-order chi connectivity index (χ0) is 12.8. The van der Waals surface area contributed by atoms with Gasteiger partial charge in [-0.3, -0.25) is 0 Å². The van der Waals surface area contributed by atoms with Crippen molar-refractivity contribution in [1.82, 2.24) is 20.1 Å². The molecule has 0 radical (unpaired) electrons. The van der Waals surface area contributed by atoms with Gasteiger partial charge in [0.05, 0.1) is 6.20 Å². The lowest BCUT2D eigenvalue weighted by Crippen LogP contribution is -2.30. The first kappa shape index (κ1) is 13.0. The first-order chi connectivity index (χ1) is 8.75. The molecule has 2 heterocycles. The average Bonchev–Trinajstić information content (AvgIpc) is 2.40. The van der Waals surface area contributed by atoms with Crippen LogP contribution in [-0.2, 0) is 0 Å². The highest BCUT2D eigenvalue weighted by molar-refractivity contribution is 5.40. The maximum atomic E-state index is 4.52. The second-order valence-corrected chi connectivity index (χ2v) is 4.92. The summed E-state index contributed by atoms with van der Waals surface area (Å²) in [6, 6.07) is 0. The van der Waals surface area contributed by atoms with Gasteiger partial charge in [-0.15, -0.1) is 5.10 Å². The molecule has 0 saturated carbocycles. The van der Waals surface area contributed by atoms with Crippen molar-refractivity contribution in [3.63, 3.8) is 0 Å². The van der Waals surface area contributed by atoms with Crippen LogP contribution in [0.3, 0.4) is 0 Å². The van der Waals surface area contributed by atoms with Crippen molar-refractivity contribution in [2.45, 2.75) is 19.3 Å². The molecule has 6 heteroatoms. The van der Waals surface area contributed by atoms with E-state index in [1.807, 2.05) is 14.1 Å². The quantitative estimate of drug-likeness (QED) is 0.835. The summed E-state index contributed by atoms with van der Waals surface area (Å²) < 4.78 is 0. The fourth-order valence-corrected chi connectivity index (χ4v) is 2.04. The van der Waals surface area contributed by atoms with E-state index in [4.69, 9.17) is 0 Å². The molecule has 1 aliphatic rings. The van der Waals surface area contributed by atoms with Crippen LogP contribution in [0.2, 0.25) is 0 Å². The number of aromatic nitrogens is 3. The van der Waals surface area contributed by atoms with E-state index in [-0.39, 0.29) is 0 Å². The van der Waals surface area contributed by atoms with Gasteiger partial charge in [0.25, 0.3) is 0 Å². The Morgan fingerprint density at radius 3 is 2.78 bits per heavy atom. The minimum Gasteiger partial charge on any atom is -0.355 e. The molecule has 2 rings (SSSR count). The van der Waals surface area contributed by atoms with Crippen molar-refractivity contribution in [1.29, 1.82) is 0 Å². The second-order valence-electron chi connectivity index (χ2n) is 4.92. The Kier molecular flexibility index (Phi) is 4.69. The largest absolute Gasteiger partial charge is 0.355 e. The Balaban J connectivity index is 1.91. The van der Waals surface area contributed by atoms with Crippen molar-refractivity contribution in [3.8, 4) is 0 Å². The molecule has 0 aliphatic carbocycles. The Morgan fingerprint density at radius 1 is 1.28 bits per heavy atom. The Bertz CT molecular complexity index is 361. The van der Waals surface area contributed by atoms with Crippen LogP contribution in [0.4, 0.5) is 11.8 Å². The van der Waals surface area contributed by atoms with Crippen molar-refractivity contribution in [2.24, 2.45) is 0 Å². The SMILES string of the molecule is CN(C)CCNc1nncc(N2CCCCC2)n1. The Hall–Kier alpha value is -1.43. The summed E-state index contributed by atoms with van der Waals surface area (Å²) in [5, 5.41) is 11.2. The maximum Gasteiger partial charge on any atom is 0.244 e. The van der Waals surface area contributed by atoms with Gasteiger partial charge in [0, 0.05) is 26.2 Å². The number of hydrogen-bond acceptors (Lipinski definition) is 6. The van der Waals surface area contributed by atoms with Crippen LogP contribution in [-0.4, -0.2) is 60.4 Å². The average molecular weight is 250 g/mol. The van der Waals surface area contributed by atoms with Crippen molar-refractivity contribution in [2.75, 3.05) is 50.5 Å². The maximum absolute atomic E-state index is 4.52. The molecule has 0 bridgehead atoms. The molecule has 1 saturated heterocycles. The summed E-state index contributed by atoms with van der Waals surface area (Å²) in [6.45, 7) is 3.95. The number of hydrogen-bond donors (Lipinski definition) is 1. The molecular weight excluding hydrogens is 228 g/mol. The summed E-state index contributed by atoms with van der Waals surface area (Å²) in [6.07, 6.45) is 5.56. The molecule has 100 valence electrons. The molecule has 0 amide bonds. The van der Waals surface area contributed by atoms with Crippen LogP contribution in [0.15, 0.2) is 6.20 Å². The van der Waals surface area contributed by atoms with Crippen molar-refractivity contribution >= 4 is 11.8 Å². The first-order valence-corrected chi connectivity index (χ1v) is 6.59. The van der Waals surface area contributed by atoms with Crippen LogP contribution in [0.25, 0.3) is 0 Å². The predicted octanol–water partition coefficient (Wildman–Crippen LogP) is 0.835. The molecule has 0 unspecified atom stereocenters. The minimum absolute atomic E-state index is 0.625. The molecular formula is C12H22N6. The molecule has 1 aromatic rings. The summed E-state index contributed by atoms with van der Waals surface area (Å²) in [5.41, 5.74) is 0. The topological polar surface area (TPSA) is 57.2 Å². The van der Waals surface area contributed by atoms with E-state index >= 15 is 0 Å². The van der Waals surface area contributed by atoms with E-state index in [0.29, 0.717) is 5.95 Å². The number of piperidine rings is 1. The van der Waals surface area contributed by atoms with E-state index in [1.165, 1.54) is 19.3 Å². The van der Waals surface area contributed by atoms with Gasteiger partial charge in [-0.25, -0.2) is 0 Å². The zero-order valence-electron chi connectivity index (χ0n) is 11.3. The molecule has 0 atom stereocenters.